The van der Waals surface area contributed by atoms with E-state index in [0.717, 1.165) is 48.4 Å². The fourth-order valence-corrected chi connectivity index (χ4v) is 5.58. The quantitative estimate of drug-likeness (QED) is 0.332. The van der Waals surface area contributed by atoms with Crippen molar-refractivity contribution in [2.75, 3.05) is 23.7 Å². The van der Waals surface area contributed by atoms with Crippen molar-refractivity contribution in [1.82, 2.24) is 15.1 Å². The number of nitrogens with one attached hydrogen (secondary N) is 3. The third kappa shape index (κ3) is 6.68. The van der Waals surface area contributed by atoms with Gasteiger partial charge in [0.25, 0.3) is 0 Å². The Morgan fingerprint density at radius 2 is 1.76 bits per heavy atom. The van der Waals surface area contributed by atoms with Crippen molar-refractivity contribution < 1.29 is 19.1 Å². The summed E-state index contributed by atoms with van der Waals surface area (Å²) >= 11 is 0. The Bertz CT molecular complexity index is 1420. The average molecular weight is 558 g/mol. The van der Waals surface area contributed by atoms with E-state index in [2.05, 4.69) is 36.7 Å². The summed E-state index contributed by atoms with van der Waals surface area (Å²) in [5.41, 5.74) is 4.03. The molecule has 0 aliphatic carbocycles. The molecule has 0 radical (unpaired) electrons. The lowest BCUT2D eigenvalue weighted by molar-refractivity contribution is -0.148. The smallest absolute Gasteiger partial charge is 0.324 e. The molecule has 1 unspecified atom stereocenters. The van der Waals surface area contributed by atoms with E-state index >= 15 is 0 Å². The lowest BCUT2D eigenvalue weighted by Gasteiger charge is -2.31. The van der Waals surface area contributed by atoms with Gasteiger partial charge in [-0.2, -0.15) is 5.10 Å². The number of anilines is 2. The van der Waals surface area contributed by atoms with Crippen LogP contribution >= 0.6 is 0 Å². The number of amides is 2. The molecular formula is C32H39N5O4. The lowest BCUT2D eigenvalue weighted by Crippen LogP contribution is -2.37. The maximum Gasteiger partial charge on any atom is 0.324 e. The van der Waals surface area contributed by atoms with E-state index in [1.54, 1.807) is 10.7 Å². The summed E-state index contributed by atoms with van der Waals surface area (Å²) in [6, 6.07) is 16.9. The van der Waals surface area contributed by atoms with Crippen molar-refractivity contribution in [3.63, 3.8) is 0 Å². The second kappa shape index (κ2) is 11.9. The summed E-state index contributed by atoms with van der Waals surface area (Å²) in [4.78, 5) is 38.6. The fourth-order valence-electron chi connectivity index (χ4n) is 5.58. The number of rotatable bonds is 7. The molecule has 2 aliphatic rings. The number of esters is 1. The Balaban J connectivity index is 1.37. The zero-order valence-electron chi connectivity index (χ0n) is 24.2. The van der Waals surface area contributed by atoms with Crippen molar-refractivity contribution in [2.24, 2.45) is 5.92 Å². The van der Waals surface area contributed by atoms with Crippen molar-refractivity contribution in [1.29, 1.82) is 0 Å². The number of carbonyl (C=O) groups excluding carboxylic acids is 3. The molecule has 0 saturated carbocycles. The van der Waals surface area contributed by atoms with E-state index < -0.39 is 18.1 Å². The highest BCUT2D eigenvalue weighted by molar-refractivity contribution is 6.00. The maximum atomic E-state index is 13.6. The van der Waals surface area contributed by atoms with Crippen LogP contribution in [0.15, 0.2) is 54.6 Å². The van der Waals surface area contributed by atoms with E-state index in [9.17, 15) is 14.4 Å². The molecule has 2 aliphatic heterocycles. The van der Waals surface area contributed by atoms with Crippen LogP contribution in [0.2, 0.25) is 0 Å². The Kier molecular flexibility index (Phi) is 8.26. The molecule has 9 heteroatoms. The van der Waals surface area contributed by atoms with Gasteiger partial charge in [-0.25, -0.2) is 9.48 Å². The number of piperidine rings is 1. The molecule has 0 spiro atoms. The molecule has 9 nitrogen and oxygen atoms in total. The van der Waals surface area contributed by atoms with Crippen LogP contribution in [0.3, 0.4) is 0 Å². The number of carbonyl (C=O) groups is 3. The van der Waals surface area contributed by atoms with Gasteiger partial charge in [-0.05, 0) is 68.6 Å². The number of aryl methyl sites for hydroxylation is 1. The zero-order valence-corrected chi connectivity index (χ0v) is 24.2. The molecule has 1 aromatic heterocycles. The van der Waals surface area contributed by atoms with Crippen LogP contribution in [0.4, 0.5) is 16.3 Å². The molecule has 3 heterocycles. The Morgan fingerprint density at radius 3 is 2.41 bits per heavy atom. The molecular weight excluding hydrogens is 518 g/mol. The van der Waals surface area contributed by atoms with Crippen molar-refractivity contribution >= 4 is 29.3 Å². The standard InChI is InChI=1S/C32H39N5O4/c1-20-8-10-24(11-9-20)37-27(19-26(36-37)32(2,3)4)35-31(40)34-23-7-5-6-22(18-23)29(21-14-16-33-17-15-21)30(39)25-12-13-28(38)41-25/h5-11,18-19,21,25,29,33H,12-17H2,1-4H3,(H2,34,35,40)/t25-,29?/m1/s1. The van der Waals surface area contributed by atoms with Crippen LogP contribution in [-0.2, 0) is 19.7 Å². The highest BCUT2D eigenvalue weighted by atomic mass is 16.6. The summed E-state index contributed by atoms with van der Waals surface area (Å²) in [5, 5.41) is 14.1. The minimum Gasteiger partial charge on any atom is -0.454 e. The average Bonchev–Trinajstić information content (AvgIpc) is 3.57. The molecule has 2 fully saturated rings. The van der Waals surface area contributed by atoms with E-state index in [-0.39, 0.29) is 29.5 Å². The summed E-state index contributed by atoms with van der Waals surface area (Å²) in [7, 11) is 0. The first-order valence-electron chi connectivity index (χ1n) is 14.4. The van der Waals surface area contributed by atoms with Crippen LogP contribution in [-0.4, -0.2) is 46.8 Å². The first kappa shape index (κ1) is 28.5. The number of hydrogen-bond acceptors (Lipinski definition) is 6. The highest BCUT2D eigenvalue weighted by Gasteiger charge is 2.39. The number of ketones is 1. The summed E-state index contributed by atoms with van der Waals surface area (Å²) < 4.78 is 7.11. The Morgan fingerprint density at radius 1 is 1.02 bits per heavy atom. The fraction of sp³-hybridized carbons (Fsp3) is 0.438. The predicted molar refractivity (Wildman–Crippen MR) is 159 cm³/mol. The van der Waals surface area contributed by atoms with Crippen molar-refractivity contribution in [3.05, 3.63) is 71.4 Å². The van der Waals surface area contributed by atoms with Gasteiger partial charge in [-0.15, -0.1) is 0 Å². The monoisotopic (exact) mass is 557 g/mol. The minimum atomic E-state index is -0.707. The van der Waals surface area contributed by atoms with Gasteiger partial charge in [0, 0.05) is 35.9 Å². The second-order valence-corrected chi connectivity index (χ2v) is 12.1. The van der Waals surface area contributed by atoms with Gasteiger partial charge in [-0.1, -0.05) is 50.6 Å². The second-order valence-electron chi connectivity index (χ2n) is 12.1. The predicted octanol–water partition coefficient (Wildman–Crippen LogP) is 5.48. The largest absolute Gasteiger partial charge is 0.454 e. The summed E-state index contributed by atoms with van der Waals surface area (Å²) in [6.07, 6.45) is 1.70. The van der Waals surface area contributed by atoms with Gasteiger partial charge in [0.15, 0.2) is 11.9 Å². The van der Waals surface area contributed by atoms with E-state index in [0.29, 0.717) is 17.9 Å². The van der Waals surface area contributed by atoms with Crippen LogP contribution < -0.4 is 16.0 Å². The minimum absolute atomic E-state index is 0.0546. The number of cyclic esters (lactones) is 1. The molecule has 3 aromatic rings. The van der Waals surface area contributed by atoms with Gasteiger partial charge in [0.05, 0.1) is 11.4 Å². The van der Waals surface area contributed by atoms with Gasteiger partial charge in [0.1, 0.15) is 5.82 Å². The van der Waals surface area contributed by atoms with Gasteiger partial charge >= 0.3 is 12.0 Å². The number of Topliss-reactive ketones (excluding diaryl/α,β-unsaturated/α-hetero) is 1. The summed E-state index contributed by atoms with van der Waals surface area (Å²) in [5.74, 6) is -0.0970. The molecule has 3 N–H and O–H groups in total. The molecule has 2 aromatic carbocycles. The highest BCUT2D eigenvalue weighted by Crippen LogP contribution is 2.36. The van der Waals surface area contributed by atoms with E-state index in [1.165, 1.54) is 0 Å². The van der Waals surface area contributed by atoms with Crippen LogP contribution in [0, 0.1) is 12.8 Å². The molecule has 2 amide bonds. The van der Waals surface area contributed by atoms with Gasteiger partial charge in [-0.3, -0.25) is 14.9 Å². The molecule has 2 saturated heterocycles. The zero-order chi connectivity index (χ0) is 29.1. The number of aromatic nitrogens is 2. The van der Waals surface area contributed by atoms with Crippen LogP contribution in [0.5, 0.6) is 0 Å². The molecule has 41 heavy (non-hydrogen) atoms. The molecule has 0 bridgehead atoms. The third-order valence-corrected chi connectivity index (χ3v) is 7.86. The van der Waals surface area contributed by atoms with E-state index in [1.807, 2.05) is 55.5 Å². The van der Waals surface area contributed by atoms with Crippen molar-refractivity contribution in [3.8, 4) is 5.69 Å². The SMILES string of the molecule is Cc1ccc(-n2nc(C(C)(C)C)cc2NC(=O)Nc2cccc(C(C(=O)[C@H]3CCC(=O)O3)C3CCNCC3)c2)cc1. The molecule has 5 rings (SSSR count). The first-order chi connectivity index (χ1) is 19.6. The number of benzene rings is 2. The number of ether oxygens (including phenoxy) is 1. The number of nitrogens with zero attached hydrogens (tertiary/aromatic N) is 2. The molecule has 2 atom stereocenters. The topological polar surface area (TPSA) is 114 Å². The summed E-state index contributed by atoms with van der Waals surface area (Å²) in [6.45, 7) is 9.94. The Labute approximate surface area is 241 Å². The number of hydrogen-bond donors (Lipinski definition) is 3. The van der Waals surface area contributed by atoms with Crippen LogP contribution in [0.1, 0.15) is 69.2 Å². The van der Waals surface area contributed by atoms with Crippen LogP contribution in [0.25, 0.3) is 5.69 Å². The van der Waals surface area contributed by atoms with Crippen molar-refractivity contribution in [2.45, 2.75) is 70.8 Å². The first-order valence-corrected chi connectivity index (χ1v) is 14.4. The molecule has 216 valence electrons. The lowest BCUT2D eigenvalue weighted by atomic mass is 9.76. The Hall–Kier alpha value is -3.98. The van der Waals surface area contributed by atoms with Gasteiger partial charge in [0.2, 0.25) is 0 Å². The normalized spacial score (nSPS) is 18.5. The van der Waals surface area contributed by atoms with Gasteiger partial charge < -0.3 is 15.4 Å². The van der Waals surface area contributed by atoms with E-state index in [4.69, 9.17) is 9.84 Å². The maximum absolute atomic E-state index is 13.6. The number of urea groups is 1. The third-order valence-electron chi connectivity index (χ3n) is 7.86.